The zero-order valence-corrected chi connectivity index (χ0v) is 16.1. The molecule has 6 nitrogen and oxygen atoms in total. The lowest BCUT2D eigenvalue weighted by Crippen LogP contribution is -2.41. The minimum Gasteiger partial charge on any atom is -0.301 e. The van der Waals surface area contributed by atoms with Gasteiger partial charge in [-0.1, -0.05) is 6.92 Å². The number of anilines is 1. The summed E-state index contributed by atoms with van der Waals surface area (Å²) in [6.45, 7) is 11.1. The Bertz CT molecular complexity index is 677. The van der Waals surface area contributed by atoms with Crippen molar-refractivity contribution in [1.82, 2.24) is 19.7 Å². The van der Waals surface area contributed by atoms with Crippen LogP contribution in [-0.2, 0) is 11.3 Å². The fraction of sp³-hybridized carbons (Fsp3) is 0.588. The number of likely N-dealkylation sites (N-methyl/N-ethyl adjacent to an activating group) is 1. The molecule has 0 aliphatic rings. The summed E-state index contributed by atoms with van der Waals surface area (Å²) in [5.41, 5.74) is 3.40. The van der Waals surface area contributed by atoms with Gasteiger partial charge in [0.1, 0.15) is 0 Å². The third-order valence-electron chi connectivity index (χ3n) is 4.26. The van der Waals surface area contributed by atoms with Gasteiger partial charge in [-0.15, -0.1) is 11.3 Å². The molecule has 0 saturated heterocycles. The van der Waals surface area contributed by atoms with Crippen LogP contribution in [0, 0.1) is 13.8 Å². The van der Waals surface area contributed by atoms with Crippen LogP contribution < -0.4 is 5.32 Å². The molecule has 7 heteroatoms. The molecule has 0 bridgehead atoms. The molecule has 132 valence electrons. The largest absolute Gasteiger partial charge is 0.301 e. The number of thiazole rings is 1. The van der Waals surface area contributed by atoms with Crippen molar-refractivity contribution in [3.05, 3.63) is 28.5 Å². The lowest BCUT2D eigenvalue weighted by atomic mass is 10.1. The third kappa shape index (κ3) is 4.02. The molecule has 0 aliphatic carbocycles. The van der Waals surface area contributed by atoms with E-state index in [1.165, 1.54) is 22.6 Å². The van der Waals surface area contributed by atoms with Gasteiger partial charge in [-0.25, -0.2) is 4.98 Å². The van der Waals surface area contributed by atoms with Crippen molar-refractivity contribution in [2.45, 2.75) is 59.7 Å². The van der Waals surface area contributed by atoms with Crippen LogP contribution in [0.5, 0.6) is 0 Å². The molecular formula is C17H27N5OS. The number of hydrogen-bond acceptors (Lipinski definition) is 5. The average molecular weight is 350 g/mol. The summed E-state index contributed by atoms with van der Waals surface area (Å²) in [4.78, 5) is 18.8. The Hall–Kier alpha value is -1.73. The zero-order chi connectivity index (χ0) is 17.9. The predicted molar refractivity (Wildman–Crippen MR) is 98.4 cm³/mol. The Labute approximate surface area is 147 Å². The van der Waals surface area contributed by atoms with Gasteiger partial charge in [0.2, 0.25) is 5.91 Å². The lowest BCUT2D eigenvalue weighted by Gasteiger charge is -2.26. The molecular weight excluding hydrogens is 322 g/mol. The first-order valence-electron chi connectivity index (χ1n) is 8.30. The van der Waals surface area contributed by atoms with Gasteiger partial charge < -0.3 is 5.32 Å². The summed E-state index contributed by atoms with van der Waals surface area (Å²) < 4.78 is 2.05. The first kappa shape index (κ1) is 18.6. The maximum absolute atomic E-state index is 12.5. The number of rotatable bonds is 7. The Morgan fingerprint density at radius 3 is 2.62 bits per heavy atom. The molecule has 0 aliphatic heterocycles. The van der Waals surface area contributed by atoms with Crippen LogP contribution in [0.25, 0.3) is 0 Å². The van der Waals surface area contributed by atoms with Crippen molar-refractivity contribution in [1.29, 1.82) is 0 Å². The number of aromatic nitrogens is 3. The highest BCUT2D eigenvalue weighted by molar-refractivity contribution is 7.13. The first-order chi connectivity index (χ1) is 11.3. The Morgan fingerprint density at radius 1 is 1.42 bits per heavy atom. The number of carbonyl (C=O) groups excluding carboxylic acids is 1. The van der Waals surface area contributed by atoms with Crippen molar-refractivity contribution < 1.29 is 4.79 Å². The summed E-state index contributed by atoms with van der Waals surface area (Å²) >= 11 is 1.43. The van der Waals surface area contributed by atoms with Crippen molar-refractivity contribution in [2.24, 2.45) is 0 Å². The van der Waals surface area contributed by atoms with Crippen LogP contribution in [0.4, 0.5) is 5.13 Å². The van der Waals surface area contributed by atoms with E-state index >= 15 is 0 Å². The molecule has 2 aromatic rings. The van der Waals surface area contributed by atoms with Crippen molar-refractivity contribution in [2.75, 3.05) is 12.4 Å². The summed E-state index contributed by atoms with van der Waals surface area (Å²) in [5, 5.41) is 10.0. The minimum atomic E-state index is -0.199. The normalized spacial score (nSPS) is 12.8. The number of hydrogen-bond donors (Lipinski definition) is 1. The molecule has 0 saturated carbocycles. The predicted octanol–water partition coefficient (Wildman–Crippen LogP) is 3.39. The van der Waals surface area contributed by atoms with Gasteiger partial charge in [-0.3, -0.25) is 14.4 Å². The molecule has 1 unspecified atom stereocenters. The van der Waals surface area contributed by atoms with E-state index in [-0.39, 0.29) is 11.9 Å². The second kappa shape index (κ2) is 7.90. The van der Waals surface area contributed by atoms with E-state index in [1.807, 2.05) is 26.3 Å². The molecule has 1 N–H and O–H groups in total. The van der Waals surface area contributed by atoms with Crippen molar-refractivity contribution in [3.8, 4) is 0 Å². The van der Waals surface area contributed by atoms with Gasteiger partial charge in [0.15, 0.2) is 5.13 Å². The zero-order valence-electron chi connectivity index (χ0n) is 15.3. The molecule has 0 spiro atoms. The molecule has 0 fully saturated rings. The van der Waals surface area contributed by atoms with E-state index in [9.17, 15) is 4.79 Å². The molecule has 0 aromatic carbocycles. The van der Waals surface area contributed by atoms with Gasteiger partial charge >= 0.3 is 0 Å². The maximum atomic E-state index is 12.5. The number of amides is 1. The molecule has 1 atom stereocenters. The van der Waals surface area contributed by atoms with Gasteiger partial charge in [0.25, 0.3) is 0 Å². The van der Waals surface area contributed by atoms with E-state index in [0.717, 1.165) is 12.1 Å². The number of nitrogens with one attached hydrogen (secondary N) is 1. The fourth-order valence-corrected chi connectivity index (χ4v) is 3.49. The minimum absolute atomic E-state index is 0.0125. The first-order valence-corrected chi connectivity index (χ1v) is 9.18. The summed E-state index contributed by atoms with van der Waals surface area (Å²) in [6.07, 6.45) is 2.43. The molecule has 2 aromatic heterocycles. The monoisotopic (exact) mass is 349 g/mol. The Balaban J connectivity index is 2.12. The van der Waals surface area contributed by atoms with E-state index in [4.69, 9.17) is 0 Å². The second-order valence-electron chi connectivity index (χ2n) is 6.35. The van der Waals surface area contributed by atoms with Gasteiger partial charge in [-0.05, 0) is 41.2 Å². The quantitative estimate of drug-likeness (QED) is 0.832. The maximum Gasteiger partial charge on any atom is 0.243 e. The summed E-state index contributed by atoms with van der Waals surface area (Å²) in [7, 11) is 1.99. The van der Waals surface area contributed by atoms with Gasteiger partial charge in [-0.2, -0.15) is 5.10 Å². The molecule has 0 radical (unpaired) electrons. The van der Waals surface area contributed by atoms with Crippen LogP contribution in [0.15, 0.2) is 11.6 Å². The van der Waals surface area contributed by atoms with Crippen LogP contribution >= 0.6 is 11.3 Å². The number of aryl methyl sites for hydroxylation is 1. The lowest BCUT2D eigenvalue weighted by molar-refractivity contribution is -0.121. The molecule has 24 heavy (non-hydrogen) atoms. The van der Waals surface area contributed by atoms with Crippen LogP contribution in [0.3, 0.4) is 0 Å². The number of carbonyl (C=O) groups is 1. The summed E-state index contributed by atoms with van der Waals surface area (Å²) in [5.74, 6) is -0.0125. The van der Waals surface area contributed by atoms with Gasteiger partial charge in [0, 0.05) is 35.4 Å². The third-order valence-corrected chi connectivity index (χ3v) is 4.94. The summed E-state index contributed by atoms with van der Waals surface area (Å²) in [6, 6.07) is 0.132. The van der Waals surface area contributed by atoms with Crippen LogP contribution in [-0.4, -0.2) is 38.7 Å². The van der Waals surface area contributed by atoms with E-state index in [0.29, 0.717) is 17.7 Å². The second-order valence-corrected chi connectivity index (χ2v) is 7.25. The van der Waals surface area contributed by atoms with Crippen molar-refractivity contribution >= 4 is 22.4 Å². The topological polar surface area (TPSA) is 63.1 Å². The molecule has 2 rings (SSSR count). The standard InChI is InChI=1S/C17H27N5OS/c1-7-15(16(23)19-17-18-8-9-24-17)21(6)10-14-12(4)20-22(11(2)3)13(14)5/h8-9,11,15H,7,10H2,1-6H3,(H,18,19,23). The highest BCUT2D eigenvalue weighted by Gasteiger charge is 2.24. The Kier molecular flexibility index (Phi) is 6.12. The van der Waals surface area contributed by atoms with Crippen molar-refractivity contribution in [3.63, 3.8) is 0 Å². The van der Waals surface area contributed by atoms with Crippen LogP contribution in [0.2, 0.25) is 0 Å². The molecule has 1 amide bonds. The smallest absolute Gasteiger partial charge is 0.243 e. The highest BCUT2D eigenvalue weighted by atomic mass is 32.1. The van der Waals surface area contributed by atoms with Gasteiger partial charge in [0.05, 0.1) is 11.7 Å². The highest BCUT2D eigenvalue weighted by Crippen LogP contribution is 2.20. The average Bonchev–Trinajstić information content (AvgIpc) is 3.11. The fourth-order valence-electron chi connectivity index (χ4n) is 2.96. The Morgan fingerprint density at radius 2 is 2.12 bits per heavy atom. The van der Waals surface area contributed by atoms with Crippen LogP contribution in [0.1, 0.15) is 50.2 Å². The molecule has 2 heterocycles. The van der Waals surface area contributed by atoms with E-state index < -0.39 is 0 Å². The SMILES string of the molecule is CCC(C(=O)Nc1nccs1)N(C)Cc1c(C)nn(C(C)C)c1C. The number of nitrogens with zero attached hydrogens (tertiary/aromatic N) is 4. The van der Waals surface area contributed by atoms with E-state index in [1.54, 1.807) is 6.20 Å². The van der Waals surface area contributed by atoms with E-state index in [2.05, 4.69) is 45.8 Å².